The molecule has 202 valence electrons. The number of hydrogen-bond donors (Lipinski definition) is 1. The summed E-state index contributed by atoms with van der Waals surface area (Å²) in [6.07, 6.45) is 1.95. The van der Waals surface area contributed by atoms with E-state index in [1.165, 1.54) is 0 Å². The van der Waals surface area contributed by atoms with Crippen molar-refractivity contribution in [2.24, 2.45) is 0 Å². The predicted molar refractivity (Wildman–Crippen MR) is 153 cm³/mol. The summed E-state index contributed by atoms with van der Waals surface area (Å²) < 4.78 is 13.1. The standard InChI is InChI=1S/C30H29Cl2N3O4/c1-19-5-7-20(8-6-19)26-18-35(24-16-22(31)15-23(32)17-24)34-29(26)38-25-11-9-21(10-12-25)28(37)33-14-13-27(36)39-30(2,3)4/h5-12,15-18H,13-14H2,1-4H3,(H,33,37). The number of aryl methyl sites for hydroxylation is 1. The van der Waals surface area contributed by atoms with Gasteiger partial charge in [0, 0.05) is 28.4 Å². The highest BCUT2D eigenvalue weighted by atomic mass is 35.5. The zero-order chi connectivity index (χ0) is 28.2. The molecule has 0 unspecified atom stereocenters. The molecular formula is C30H29Cl2N3O4. The van der Waals surface area contributed by atoms with Crippen LogP contribution in [0.15, 0.2) is 72.9 Å². The molecule has 0 atom stereocenters. The fourth-order valence-corrected chi connectivity index (χ4v) is 4.24. The van der Waals surface area contributed by atoms with Gasteiger partial charge in [-0.3, -0.25) is 9.59 Å². The number of carbonyl (C=O) groups is 2. The molecule has 4 rings (SSSR count). The molecule has 3 aromatic carbocycles. The van der Waals surface area contributed by atoms with Gasteiger partial charge in [-0.1, -0.05) is 53.0 Å². The first-order chi connectivity index (χ1) is 18.5. The molecular weight excluding hydrogens is 537 g/mol. The summed E-state index contributed by atoms with van der Waals surface area (Å²) >= 11 is 12.4. The van der Waals surface area contributed by atoms with Crippen LogP contribution in [0.3, 0.4) is 0 Å². The molecule has 0 spiro atoms. The van der Waals surface area contributed by atoms with Crippen LogP contribution in [0.2, 0.25) is 10.0 Å². The summed E-state index contributed by atoms with van der Waals surface area (Å²) in [5.74, 6) is 0.218. The van der Waals surface area contributed by atoms with Gasteiger partial charge in [-0.05, 0) is 75.7 Å². The van der Waals surface area contributed by atoms with Gasteiger partial charge in [-0.2, -0.15) is 0 Å². The van der Waals surface area contributed by atoms with Crippen molar-refractivity contribution in [2.45, 2.75) is 39.7 Å². The largest absolute Gasteiger partial charge is 0.460 e. The molecule has 0 saturated carbocycles. The van der Waals surface area contributed by atoms with Gasteiger partial charge in [-0.15, -0.1) is 5.10 Å². The number of ether oxygens (including phenoxy) is 2. The van der Waals surface area contributed by atoms with Crippen LogP contribution in [-0.2, 0) is 9.53 Å². The van der Waals surface area contributed by atoms with Crippen LogP contribution in [-0.4, -0.2) is 33.8 Å². The van der Waals surface area contributed by atoms with E-state index in [0.717, 1.165) is 16.7 Å². The Labute approximate surface area is 237 Å². The molecule has 4 aromatic rings. The minimum Gasteiger partial charge on any atom is -0.460 e. The van der Waals surface area contributed by atoms with Crippen LogP contribution in [0.4, 0.5) is 0 Å². The molecule has 0 aliphatic carbocycles. The van der Waals surface area contributed by atoms with E-state index in [2.05, 4.69) is 10.4 Å². The monoisotopic (exact) mass is 565 g/mol. The van der Waals surface area contributed by atoms with Gasteiger partial charge < -0.3 is 14.8 Å². The maximum atomic E-state index is 12.5. The average Bonchev–Trinajstić information content (AvgIpc) is 3.27. The third-order valence-electron chi connectivity index (χ3n) is 5.52. The summed E-state index contributed by atoms with van der Waals surface area (Å²) in [5, 5.41) is 8.37. The van der Waals surface area contributed by atoms with E-state index in [-0.39, 0.29) is 24.8 Å². The summed E-state index contributed by atoms with van der Waals surface area (Å²) in [6.45, 7) is 7.60. The molecule has 0 fully saturated rings. The van der Waals surface area contributed by atoms with Gasteiger partial charge in [0.05, 0.1) is 17.7 Å². The molecule has 1 heterocycles. The lowest BCUT2D eigenvalue weighted by atomic mass is 10.1. The van der Waals surface area contributed by atoms with Gasteiger partial charge in [0.1, 0.15) is 11.4 Å². The normalized spacial score (nSPS) is 11.2. The lowest BCUT2D eigenvalue weighted by Gasteiger charge is -2.19. The number of halogens is 2. The molecule has 0 aliphatic rings. The summed E-state index contributed by atoms with van der Waals surface area (Å²) in [5.41, 5.74) is 3.40. The van der Waals surface area contributed by atoms with E-state index in [1.54, 1.807) is 67.9 Å². The van der Waals surface area contributed by atoms with E-state index in [9.17, 15) is 9.59 Å². The fraction of sp³-hybridized carbons (Fsp3) is 0.233. The van der Waals surface area contributed by atoms with Crippen molar-refractivity contribution in [3.05, 3.63) is 94.1 Å². The summed E-state index contributed by atoms with van der Waals surface area (Å²) in [7, 11) is 0. The second-order valence-electron chi connectivity index (χ2n) is 10.0. The molecule has 1 aromatic heterocycles. The van der Waals surface area contributed by atoms with Crippen LogP contribution in [0.1, 0.15) is 43.1 Å². The van der Waals surface area contributed by atoms with Gasteiger partial charge in [0.15, 0.2) is 0 Å². The third kappa shape index (κ3) is 7.85. The number of carbonyl (C=O) groups excluding carboxylic acids is 2. The predicted octanol–water partition coefficient (Wildman–Crippen LogP) is 7.41. The number of aromatic nitrogens is 2. The molecule has 1 N–H and O–H groups in total. The van der Waals surface area contributed by atoms with E-state index in [0.29, 0.717) is 32.9 Å². The Hall–Kier alpha value is -3.81. The molecule has 39 heavy (non-hydrogen) atoms. The number of hydrogen-bond acceptors (Lipinski definition) is 5. The third-order valence-corrected chi connectivity index (χ3v) is 5.96. The molecule has 0 aliphatic heterocycles. The second-order valence-corrected chi connectivity index (χ2v) is 10.9. The summed E-state index contributed by atoms with van der Waals surface area (Å²) in [4.78, 5) is 24.4. The number of nitrogens with zero attached hydrogens (tertiary/aromatic N) is 2. The topological polar surface area (TPSA) is 82.5 Å². The van der Waals surface area contributed by atoms with Crippen LogP contribution in [0.25, 0.3) is 16.8 Å². The van der Waals surface area contributed by atoms with E-state index >= 15 is 0 Å². The Morgan fingerprint density at radius 2 is 1.59 bits per heavy atom. The quantitative estimate of drug-likeness (QED) is 0.225. The fourth-order valence-electron chi connectivity index (χ4n) is 3.73. The second kappa shape index (κ2) is 11.9. The number of benzene rings is 3. The molecule has 7 nitrogen and oxygen atoms in total. The van der Waals surface area contributed by atoms with Crippen molar-refractivity contribution in [3.8, 4) is 28.4 Å². The number of nitrogens with one attached hydrogen (secondary N) is 1. The molecule has 0 bridgehead atoms. The minimum atomic E-state index is -0.562. The Kier molecular flexibility index (Phi) is 8.63. The van der Waals surface area contributed by atoms with Crippen LogP contribution < -0.4 is 10.1 Å². The van der Waals surface area contributed by atoms with Crippen molar-refractivity contribution in [1.29, 1.82) is 0 Å². The lowest BCUT2D eigenvalue weighted by Crippen LogP contribution is -2.29. The Balaban J connectivity index is 1.50. The molecule has 0 saturated heterocycles. The Bertz CT molecular complexity index is 1450. The van der Waals surface area contributed by atoms with Crippen molar-refractivity contribution < 1.29 is 19.1 Å². The highest BCUT2D eigenvalue weighted by molar-refractivity contribution is 6.34. The number of esters is 1. The first-order valence-electron chi connectivity index (χ1n) is 12.4. The lowest BCUT2D eigenvalue weighted by molar-refractivity contribution is -0.154. The Morgan fingerprint density at radius 3 is 2.21 bits per heavy atom. The minimum absolute atomic E-state index is 0.0898. The maximum absolute atomic E-state index is 12.5. The number of amides is 1. The maximum Gasteiger partial charge on any atom is 0.308 e. The zero-order valence-electron chi connectivity index (χ0n) is 22.1. The van der Waals surface area contributed by atoms with Crippen molar-refractivity contribution >= 4 is 35.1 Å². The smallest absolute Gasteiger partial charge is 0.308 e. The van der Waals surface area contributed by atoms with Gasteiger partial charge in [-0.25, -0.2) is 4.68 Å². The first kappa shape index (κ1) is 28.2. The molecule has 9 heteroatoms. The summed E-state index contributed by atoms with van der Waals surface area (Å²) in [6, 6.07) is 19.9. The van der Waals surface area contributed by atoms with Gasteiger partial charge in [0.25, 0.3) is 5.91 Å². The van der Waals surface area contributed by atoms with Gasteiger partial charge in [0.2, 0.25) is 5.88 Å². The Morgan fingerprint density at radius 1 is 0.949 bits per heavy atom. The van der Waals surface area contributed by atoms with Crippen LogP contribution >= 0.6 is 23.2 Å². The van der Waals surface area contributed by atoms with E-state index < -0.39 is 5.60 Å². The average molecular weight is 566 g/mol. The highest BCUT2D eigenvalue weighted by Gasteiger charge is 2.17. The van der Waals surface area contributed by atoms with Crippen molar-refractivity contribution in [1.82, 2.24) is 15.1 Å². The van der Waals surface area contributed by atoms with E-state index in [4.69, 9.17) is 32.7 Å². The van der Waals surface area contributed by atoms with Crippen LogP contribution in [0.5, 0.6) is 11.6 Å². The molecule has 0 radical (unpaired) electrons. The highest BCUT2D eigenvalue weighted by Crippen LogP contribution is 2.34. The zero-order valence-corrected chi connectivity index (χ0v) is 23.6. The van der Waals surface area contributed by atoms with Crippen molar-refractivity contribution in [3.63, 3.8) is 0 Å². The van der Waals surface area contributed by atoms with Gasteiger partial charge >= 0.3 is 5.97 Å². The van der Waals surface area contributed by atoms with Crippen molar-refractivity contribution in [2.75, 3.05) is 6.54 Å². The molecule has 1 amide bonds. The first-order valence-corrected chi connectivity index (χ1v) is 13.1. The van der Waals surface area contributed by atoms with E-state index in [1.807, 2.05) is 37.4 Å². The SMILES string of the molecule is Cc1ccc(-c2cn(-c3cc(Cl)cc(Cl)c3)nc2Oc2ccc(C(=O)NCCC(=O)OC(C)(C)C)cc2)cc1. The number of rotatable bonds is 8. The van der Waals surface area contributed by atoms with Crippen LogP contribution in [0, 0.1) is 6.92 Å².